The van der Waals surface area contributed by atoms with E-state index in [4.69, 9.17) is 9.47 Å². The van der Waals surface area contributed by atoms with Crippen LogP contribution in [0.25, 0.3) is 0 Å². The maximum Gasteiger partial charge on any atom is 0.412 e. The van der Waals surface area contributed by atoms with Crippen LogP contribution in [0.15, 0.2) is 58.3 Å². The molecule has 0 radical (unpaired) electrons. The number of carbonyl (C=O) groups is 2. The lowest BCUT2D eigenvalue weighted by Crippen LogP contribution is -2.46. The highest BCUT2D eigenvalue weighted by atomic mass is 32.2. The maximum absolute atomic E-state index is 12.9. The number of sulfone groups is 1. The van der Waals surface area contributed by atoms with Crippen molar-refractivity contribution in [3.05, 3.63) is 54.1 Å². The Morgan fingerprint density at radius 1 is 1.10 bits per heavy atom. The summed E-state index contributed by atoms with van der Waals surface area (Å²) in [6.07, 6.45) is -1.57. The molecule has 0 spiro atoms. The molecule has 2 aromatic carbocycles. The summed E-state index contributed by atoms with van der Waals surface area (Å²) in [4.78, 5) is 26.2. The molecule has 0 saturated carbocycles. The van der Waals surface area contributed by atoms with Gasteiger partial charge in [-0.25, -0.2) is 13.2 Å². The highest BCUT2D eigenvalue weighted by Crippen LogP contribution is 2.33. The smallest absolute Gasteiger partial charge is 0.412 e. The second-order valence-electron chi connectivity index (χ2n) is 7.77. The van der Waals surface area contributed by atoms with Crippen molar-refractivity contribution in [1.29, 1.82) is 0 Å². The molecule has 1 unspecified atom stereocenters. The Morgan fingerprint density at radius 3 is 2.38 bits per heavy atom. The molecule has 1 heterocycles. The van der Waals surface area contributed by atoms with Gasteiger partial charge in [-0.1, -0.05) is 18.2 Å². The van der Waals surface area contributed by atoms with Crippen LogP contribution in [0.4, 0.5) is 4.79 Å². The van der Waals surface area contributed by atoms with E-state index >= 15 is 0 Å². The predicted molar refractivity (Wildman–Crippen MR) is 106 cm³/mol. The summed E-state index contributed by atoms with van der Waals surface area (Å²) in [5.74, 6) is -0.117. The Labute approximate surface area is 170 Å². The Kier molecular flexibility index (Phi) is 5.40. The summed E-state index contributed by atoms with van der Waals surface area (Å²) >= 11 is 0. The second-order valence-corrected chi connectivity index (χ2v) is 9.72. The normalized spacial score (nSPS) is 16.6. The first-order valence-electron chi connectivity index (χ1n) is 9.09. The number of hydrogen-bond acceptors (Lipinski definition) is 6. The van der Waals surface area contributed by atoms with E-state index in [1.54, 1.807) is 39.0 Å². The number of amides is 1. The molecule has 1 aliphatic heterocycles. The van der Waals surface area contributed by atoms with Crippen LogP contribution < -0.4 is 4.74 Å². The number of carbonyl (C=O) groups excluding carboxylic acids is 2. The van der Waals surface area contributed by atoms with Crippen molar-refractivity contribution in [3.8, 4) is 5.75 Å². The van der Waals surface area contributed by atoms with Gasteiger partial charge in [-0.3, -0.25) is 9.69 Å². The van der Waals surface area contributed by atoms with E-state index in [1.165, 1.54) is 42.3 Å². The Hall–Kier alpha value is -2.87. The summed E-state index contributed by atoms with van der Waals surface area (Å²) < 4.78 is 36.8. The van der Waals surface area contributed by atoms with E-state index in [2.05, 4.69) is 0 Å². The van der Waals surface area contributed by atoms with Gasteiger partial charge in [0.25, 0.3) is 0 Å². The van der Waals surface area contributed by atoms with Crippen LogP contribution in [0, 0.1) is 0 Å². The lowest BCUT2D eigenvalue weighted by molar-refractivity contribution is -0.0140. The topological polar surface area (TPSA) is 90.0 Å². The fraction of sp³-hybridized carbons (Fsp3) is 0.333. The minimum absolute atomic E-state index is 0.0100. The van der Waals surface area contributed by atoms with Gasteiger partial charge in [0, 0.05) is 13.1 Å². The fourth-order valence-corrected chi connectivity index (χ4v) is 4.15. The first kappa shape index (κ1) is 20.9. The molecular formula is C21H23NO6S. The molecule has 7 nitrogen and oxygen atoms in total. The molecule has 0 aliphatic carbocycles. The van der Waals surface area contributed by atoms with Crippen LogP contribution in [0.2, 0.25) is 0 Å². The molecular weight excluding hydrogens is 394 g/mol. The summed E-state index contributed by atoms with van der Waals surface area (Å²) in [5, 5.41) is 0. The van der Waals surface area contributed by atoms with Crippen LogP contribution in [0.3, 0.4) is 0 Å². The SMILES string of the molecule is CN(C(=O)OC(C)(C)C)C1CC(=O)c2ccc(S(=O)(=O)c3ccccc3)cc2O1. The molecule has 8 heteroatoms. The average Bonchev–Trinajstić information content (AvgIpc) is 2.66. The molecule has 154 valence electrons. The van der Waals surface area contributed by atoms with Gasteiger partial charge >= 0.3 is 6.09 Å². The average molecular weight is 417 g/mol. The lowest BCUT2D eigenvalue weighted by atomic mass is 10.0. The van der Waals surface area contributed by atoms with Gasteiger partial charge in [-0.05, 0) is 45.0 Å². The van der Waals surface area contributed by atoms with Crippen molar-refractivity contribution in [2.75, 3.05) is 7.05 Å². The molecule has 1 amide bonds. The van der Waals surface area contributed by atoms with Crippen molar-refractivity contribution >= 4 is 21.7 Å². The molecule has 0 N–H and O–H groups in total. The van der Waals surface area contributed by atoms with E-state index in [0.717, 1.165) is 0 Å². The predicted octanol–water partition coefficient (Wildman–Crippen LogP) is 3.68. The molecule has 1 aliphatic rings. The summed E-state index contributed by atoms with van der Waals surface area (Å²) in [5.41, 5.74) is -0.412. The largest absolute Gasteiger partial charge is 0.469 e. The van der Waals surface area contributed by atoms with Crippen LogP contribution in [-0.2, 0) is 14.6 Å². The zero-order valence-electron chi connectivity index (χ0n) is 16.7. The van der Waals surface area contributed by atoms with E-state index in [0.29, 0.717) is 0 Å². The molecule has 0 saturated heterocycles. The van der Waals surface area contributed by atoms with Gasteiger partial charge in [-0.2, -0.15) is 0 Å². The molecule has 0 aromatic heterocycles. The number of fused-ring (bicyclic) bond motifs is 1. The zero-order valence-corrected chi connectivity index (χ0v) is 17.5. The van der Waals surface area contributed by atoms with Gasteiger partial charge in [0.15, 0.2) is 12.0 Å². The van der Waals surface area contributed by atoms with E-state index < -0.39 is 27.8 Å². The van der Waals surface area contributed by atoms with Crippen molar-refractivity contribution in [1.82, 2.24) is 4.90 Å². The molecule has 0 fully saturated rings. The number of benzene rings is 2. The Balaban J connectivity index is 1.90. The highest BCUT2D eigenvalue weighted by Gasteiger charge is 2.34. The van der Waals surface area contributed by atoms with Crippen molar-refractivity contribution < 1.29 is 27.5 Å². The summed E-state index contributed by atoms with van der Waals surface area (Å²) in [7, 11) is -2.29. The Bertz CT molecular complexity index is 1040. The summed E-state index contributed by atoms with van der Waals surface area (Å²) in [6.45, 7) is 5.21. The van der Waals surface area contributed by atoms with Gasteiger partial charge in [-0.15, -0.1) is 0 Å². The maximum atomic E-state index is 12.9. The third kappa shape index (κ3) is 4.42. The van der Waals surface area contributed by atoms with Crippen molar-refractivity contribution in [3.63, 3.8) is 0 Å². The molecule has 2 aromatic rings. The number of hydrogen-bond donors (Lipinski definition) is 0. The van der Waals surface area contributed by atoms with Gasteiger partial charge in [0.05, 0.1) is 21.8 Å². The standard InChI is InChI=1S/C21H23NO6S/c1-21(2,3)28-20(24)22(4)19-13-17(23)16-11-10-15(12-18(16)27-19)29(25,26)14-8-6-5-7-9-14/h5-12,19H,13H2,1-4H3. The van der Waals surface area contributed by atoms with Gasteiger partial charge in [0.1, 0.15) is 11.4 Å². The number of nitrogens with zero attached hydrogens (tertiary/aromatic N) is 1. The van der Waals surface area contributed by atoms with Crippen LogP contribution in [-0.4, -0.2) is 44.1 Å². The zero-order chi connectivity index (χ0) is 21.4. The molecule has 3 rings (SSSR count). The lowest BCUT2D eigenvalue weighted by Gasteiger charge is -2.33. The molecule has 0 bridgehead atoms. The number of rotatable bonds is 3. The van der Waals surface area contributed by atoms with E-state index in [9.17, 15) is 18.0 Å². The minimum atomic E-state index is -3.76. The number of ketones is 1. The van der Waals surface area contributed by atoms with Crippen LogP contribution >= 0.6 is 0 Å². The first-order chi connectivity index (χ1) is 13.5. The molecule has 29 heavy (non-hydrogen) atoms. The third-order valence-corrected chi connectivity index (χ3v) is 6.12. The van der Waals surface area contributed by atoms with Crippen molar-refractivity contribution in [2.45, 2.75) is 48.8 Å². The first-order valence-corrected chi connectivity index (χ1v) is 10.6. The van der Waals surface area contributed by atoms with E-state index in [1.807, 2.05) is 0 Å². The minimum Gasteiger partial charge on any atom is -0.469 e. The third-order valence-electron chi connectivity index (χ3n) is 4.35. The van der Waals surface area contributed by atoms with Gasteiger partial charge in [0.2, 0.25) is 9.84 Å². The molecule has 1 atom stereocenters. The fourth-order valence-electron chi connectivity index (χ4n) is 2.86. The highest BCUT2D eigenvalue weighted by molar-refractivity contribution is 7.91. The monoisotopic (exact) mass is 417 g/mol. The van der Waals surface area contributed by atoms with Crippen LogP contribution in [0.5, 0.6) is 5.75 Å². The van der Waals surface area contributed by atoms with Crippen LogP contribution in [0.1, 0.15) is 37.6 Å². The van der Waals surface area contributed by atoms with E-state index in [-0.39, 0.29) is 33.3 Å². The van der Waals surface area contributed by atoms with Crippen molar-refractivity contribution in [2.24, 2.45) is 0 Å². The summed E-state index contributed by atoms with van der Waals surface area (Å²) in [6, 6.07) is 12.2. The van der Waals surface area contributed by atoms with Gasteiger partial charge < -0.3 is 9.47 Å². The number of ether oxygens (including phenoxy) is 2. The number of Topliss-reactive ketones (excluding diaryl/α,β-unsaturated/α-hetero) is 1. The Morgan fingerprint density at radius 2 is 1.76 bits per heavy atom. The quantitative estimate of drug-likeness (QED) is 0.757. The second kappa shape index (κ2) is 7.51.